The van der Waals surface area contributed by atoms with Crippen LogP contribution in [0.1, 0.15) is 0 Å². The molecule has 1 aromatic heterocycles. The molecule has 1 aliphatic rings. The van der Waals surface area contributed by atoms with Gasteiger partial charge in [-0.3, -0.25) is 14.3 Å². The largest absolute Gasteiger partial charge is 0.332 e. The van der Waals surface area contributed by atoms with E-state index in [4.69, 9.17) is 0 Å². The standard InChI is InChI=1S/C10H15N5O2/c1-14-8(2-3-12-14)13-9(16)10(17)15-6-4-11-5-7-15/h2-3,11H,4-7H2,1H3,(H,13,16). The van der Waals surface area contributed by atoms with Gasteiger partial charge in [0.1, 0.15) is 5.82 Å². The fourth-order valence-corrected chi connectivity index (χ4v) is 1.68. The monoisotopic (exact) mass is 237 g/mol. The van der Waals surface area contributed by atoms with Crippen LogP contribution >= 0.6 is 0 Å². The van der Waals surface area contributed by atoms with Crippen molar-refractivity contribution in [3.63, 3.8) is 0 Å². The molecule has 1 saturated heterocycles. The van der Waals surface area contributed by atoms with E-state index in [0.29, 0.717) is 18.9 Å². The van der Waals surface area contributed by atoms with E-state index < -0.39 is 11.8 Å². The Labute approximate surface area is 98.8 Å². The average Bonchev–Trinajstić information content (AvgIpc) is 2.75. The number of rotatable bonds is 1. The first-order valence-electron chi connectivity index (χ1n) is 5.47. The highest BCUT2D eigenvalue weighted by Crippen LogP contribution is 2.04. The third-order valence-corrected chi connectivity index (χ3v) is 2.66. The van der Waals surface area contributed by atoms with Crippen LogP contribution in [0.15, 0.2) is 12.3 Å². The first-order chi connectivity index (χ1) is 8.18. The third kappa shape index (κ3) is 2.62. The minimum absolute atomic E-state index is 0.493. The summed E-state index contributed by atoms with van der Waals surface area (Å²) in [7, 11) is 1.70. The molecule has 0 unspecified atom stereocenters. The van der Waals surface area contributed by atoms with Crippen LogP contribution in [-0.4, -0.2) is 52.7 Å². The molecule has 92 valence electrons. The van der Waals surface area contributed by atoms with Crippen molar-refractivity contribution in [3.05, 3.63) is 12.3 Å². The summed E-state index contributed by atoms with van der Waals surface area (Å²) in [4.78, 5) is 25.0. The highest BCUT2D eigenvalue weighted by molar-refractivity contribution is 6.39. The molecule has 0 spiro atoms. The zero-order chi connectivity index (χ0) is 12.3. The van der Waals surface area contributed by atoms with Gasteiger partial charge in [0, 0.05) is 39.3 Å². The summed E-state index contributed by atoms with van der Waals surface area (Å²) in [6.45, 7) is 2.59. The highest BCUT2D eigenvalue weighted by atomic mass is 16.2. The van der Waals surface area contributed by atoms with Gasteiger partial charge in [0.15, 0.2) is 0 Å². The fourth-order valence-electron chi connectivity index (χ4n) is 1.68. The average molecular weight is 237 g/mol. The predicted octanol–water partition coefficient (Wildman–Crippen LogP) is -1.21. The molecular formula is C10H15N5O2. The van der Waals surface area contributed by atoms with Gasteiger partial charge >= 0.3 is 11.8 Å². The van der Waals surface area contributed by atoms with Crippen LogP contribution in [0.4, 0.5) is 5.82 Å². The molecule has 2 heterocycles. The summed E-state index contributed by atoms with van der Waals surface area (Å²) in [5.74, 6) is -0.596. The molecular weight excluding hydrogens is 222 g/mol. The molecule has 2 N–H and O–H groups in total. The lowest BCUT2D eigenvalue weighted by molar-refractivity contribution is -0.143. The van der Waals surface area contributed by atoms with E-state index in [0.717, 1.165) is 13.1 Å². The Hall–Kier alpha value is -1.89. The summed E-state index contributed by atoms with van der Waals surface area (Å²) in [6.07, 6.45) is 1.56. The quantitative estimate of drug-likeness (QED) is 0.601. The lowest BCUT2D eigenvalue weighted by atomic mass is 10.3. The summed E-state index contributed by atoms with van der Waals surface area (Å²) in [5, 5.41) is 9.57. The van der Waals surface area contributed by atoms with E-state index >= 15 is 0 Å². The second-order valence-corrected chi connectivity index (χ2v) is 3.84. The molecule has 2 rings (SSSR count). The summed E-state index contributed by atoms with van der Waals surface area (Å²) < 4.78 is 1.50. The van der Waals surface area contributed by atoms with Gasteiger partial charge < -0.3 is 15.5 Å². The molecule has 17 heavy (non-hydrogen) atoms. The van der Waals surface area contributed by atoms with Crippen LogP contribution in [0.25, 0.3) is 0 Å². The van der Waals surface area contributed by atoms with Crippen molar-refractivity contribution < 1.29 is 9.59 Å². The normalized spacial score (nSPS) is 15.7. The van der Waals surface area contributed by atoms with Gasteiger partial charge in [-0.15, -0.1) is 0 Å². The minimum Gasteiger partial charge on any atom is -0.332 e. The molecule has 2 amide bonds. The fraction of sp³-hybridized carbons (Fsp3) is 0.500. The van der Waals surface area contributed by atoms with Crippen molar-refractivity contribution in [1.29, 1.82) is 0 Å². The van der Waals surface area contributed by atoms with Crippen molar-refractivity contribution >= 4 is 17.6 Å². The molecule has 0 radical (unpaired) electrons. The van der Waals surface area contributed by atoms with E-state index in [-0.39, 0.29) is 0 Å². The second kappa shape index (κ2) is 4.96. The summed E-state index contributed by atoms with van der Waals surface area (Å²) in [5.41, 5.74) is 0. The smallest absolute Gasteiger partial charge is 0.315 e. The van der Waals surface area contributed by atoms with Crippen LogP contribution in [0.5, 0.6) is 0 Å². The first kappa shape index (κ1) is 11.6. The topological polar surface area (TPSA) is 79.3 Å². The minimum atomic E-state index is -0.615. The van der Waals surface area contributed by atoms with Crippen molar-refractivity contribution in [2.24, 2.45) is 7.05 Å². The SMILES string of the molecule is Cn1nccc1NC(=O)C(=O)N1CCNCC1. The molecule has 0 aromatic carbocycles. The first-order valence-corrected chi connectivity index (χ1v) is 5.47. The molecule has 0 saturated carbocycles. The number of nitrogens with zero attached hydrogens (tertiary/aromatic N) is 3. The molecule has 0 aliphatic carbocycles. The Bertz CT molecular complexity index is 422. The van der Waals surface area contributed by atoms with Gasteiger partial charge in [-0.05, 0) is 0 Å². The van der Waals surface area contributed by atoms with Crippen molar-refractivity contribution in [3.8, 4) is 0 Å². The van der Waals surface area contributed by atoms with Crippen LogP contribution in [0.2, 0.25) is 0 Å². The number of amides is 2. The Balaban J connectivity index is 1.95. The van der Waals surface area contributed by atoms with E-state index in [9.17, 15) is 9.59 Å². The molecule has 1 aromatic rings. The Morgan fingerprint density at radius 2 is 2.12 bits per heavy atom. The lowest BCUT2D eigenvalue weighted by Crippen LogP contribution is -2.50. The van der Waals surface area contributed by atoms with Crippen LogP contribution in [-0.2, 0) is 16.6 Å². The predicted molar refractivity (Wildman–Crippen MR) is 61.3 cm³/mol. The number of carbonyl (C=O) groups excluding carboxylic acids is 2. The van der Waals surface area contributed by atoms with Crippen molar-refractivity contribution in [2.45, 2.75) is 0 Å². The third-order valence-electron chi connectivity index (χ3n) is 2.66. The number of aromatic nitrogens is 2. The van der Waals surface area contributed by atoms with Gasteiger partial charge in [0.2, 0.25) is 0 Å². The molecule has 0 atom stereocenters. The van der Waals surface area contributed by atoms with E-state index in [1.807, 2.05) is 0 Å². The van der Waals surface area contributed by atoms with Gasteiger partial charge in [-0.25, -0.2) is 0 Å². The Morgan fingerprint density at radius 1 is 1.41 bits per heavy atom. The number of carbonyl (C=O) groups is 2. The zero-order valence-electron chi connectivity index (χ0n) is 9.64. The highest BCUT2D eigenvalue weighted by Gasteiger charge is 2.23. The number of nitrogens with one attached hydrogen (secondary N) is 2. The number of hydrogen-bond acceptors (Lipinski definition) is 4. The van der Waals surface area contributed by atoms with Gasteiger partial charge in [-0.1, -0.05) is 0 Å². The molecule has 7 heteroatoms. The van der Waals surface area contributed by atoms with E-state index in [1.165, 1.54) is 4.68 Å². The van der Waals surface area contributed by atoms with Crippen LogP contribution in [0.3, 0.4) is 0 Å². The number of piperazine rings is 1. The molecule has 1 aliphatic heterocycles. The second-order valence-electron chi connectivity index (χ2n) is 3.84. The summed E-state index contributed by atoms with van der Waals surface area (Å²) in [6, 6.07) is 1.64. The Morgan fingerprint density at radius 3 is 2.71 bits per heavy atom. The van der Waals surface area contributed by atoms with Gasteiger partial charge in [-0.2, -0.15) is 5.10 Å². The number of hydrogen-bond donors (Lipinski definition) is 2. The Kier molecular flexibility index (Phi) is 3.38. The maximum Gasteiger partial charge on any atom is 0.315 e. The molecule has 0 bridgehead atoms. The van der Waals surface area contributed by atoms with E-state index in [1.54, 1.807) is 24.2 Å². The number of anilines is 1. The van der Waals surface area contributed by atoms with Crippen LogP contribution < -0.4 is 10.6 Å². The zero-order valence-corrected chi connectivity index (χ0v) is 9.64. The van der Waals surface area contributed by atoms with E-state index in [2.05, 4.69) is 15.7 Å². The molecule has 7 nitrogen and oxygen atoms in total. The summed E-state index contributed by atoms with van der Waals surface area (Å²) >= 11 is 0. The van der Waals surface area contributed by atoms with Crippen molar-refractivity contribution in [1.82, 2.24) is 20.0 Å². The van der Waals surface area contributed by atoms with Crippen LogP contribution in [0, 0.1) is 0 Å². The lowest BCUT2D eigenvalue weighted by Gasteiger charge is -2.26. The van der Waals surface area contributed by atoms with Gasteiger partial charge in [0.05, 0.1) is 6.20 Å². The maximum absolute atomic E-state index is 11.8. The molecule has 1 fully saturated rings. The number of aryl methyl sites for hydroxylation is 1. The maximum atomic E-state index is 11.8. The van der Waals surface area contributed by atoms with Crippen molar-refractivity contribution in [2.75, 3.05) is 31.5 Å². The van der Waals surface area contributed by atoms with Gasteiger partial charge in [0.25, 0.3) is 0 Å².